The Labute approximate surface area is 96.5 Å². The van der Waals surface area contributed by atoms with Crippen LogP contribution in [-0.4, -0.2) is 11.3 Å². The van der Waals surface area contributed by atoms with Crippen LogP contribution in [-0.2, 0) is 6.54 Å². The van der Waals surface area contributed by atoms with Crippen LogP contribution in [0.4, 0.5) is 13.2 Å². The topological polar surface area (TPSA) is 48.1 Å². The Kier molecular flexibility index (Phi) is 3.80. The maximum atomic E-state index is 12.0. The molecule has 0 aromatic carbocycles. The zero-order chi connectivity index (χ0) is 11.6. The summed E-state index contributed by atoms with van der Waals surface area (Å²) in [6.07, 6.45) is -3.66. The lowest BCUT2D eigenvalue weighted by Crippen LogP contribution is -2.18. The molecule has 0 aliphatic rings. The fourth-order valence-corrected chi connectivity index (χ4v) is 1.60. The Hall–Kier alpha value is -0.530. The molecular weight excluding hydrogens is 300 g/mol. The molecule has 0 saturated carbocycles. The number of aromatic nitrogens is 1. The third-order valence-electron chi connectivity index (χ3n) is 1.41. The highest BCUT2D eigenvalue weighted by Gasteiger charge is 2.33. The Bertz CT molecular complexity index is 372. The van der Waals surface area contributed by atoms with Gasteiger partial charge in [-0.05, 0) is 15.9 Å². The number of hydrogen-bond acceptors (Lipinski definition) is 3. The SMILES string of the molecule is NCc1ncc(Br)c(OC(F)(F)F)c1Cl. The molecule has 15 heavy (non-hydrogen) atoms. The Balaban J connectivity index is 3.15. The van der Waals surface area contributed by atoms with Gasteiger partial charge in [-0.25, -0.2) is 0 Å². The Morgan fingerprint density at radius 2 is 2.13 bits per heavy atom. The van der Waals surface area contributed by atoms with Gasteiger partial charge in [0, 0.05) is 12.7 Å². The number of nitrogens with zero attached hydrogens (tertiary/aromatic N) is 1. The van der Waals surface area contributed by atoms with Crippen molar-refractivity contribution in [2.75, 3.05) is 0 Å². The van der Waals surface area contributed by atoms with Crippen LogP contribution >= 0.6 is 27.5 Å². The van der Waals surface area contributed by atoms with Crippen LogP contribution in [0.2, 0.25) is 5.02 Å². The summed E-state index contributed by atoms with van der Waals surface area (Å²) in [4.78, 5) is 3.74. The first kappa shape index (κ1) is 12.5. The predicted molar refractivity (Wildman–Crippen MR) is 51.5 cm³/mol. The van der Waals surface area contributed by atoms with E-state index in [1.807, 2.05) is 0 Å². The zero-order valence-electron chi connectivity index (χ0n) is 7.11. The standard InChI is InChI=1S/C7H5BrClF3N2O/c8-3-2-14-4(1-13)5(9)6(3)15-7(10,11)12/h2H,1,13H2. The zero-order valence-corrected chi connectivity index (χ0v) is 9.45. The summed E-state index contributed by atoms with van der Waals surface area (Å²) in [5.74, 6) is -0.528. The first-order valence-electron chi connectivity index (χ1n) is 3.64. The number of halogens is 5. The highest BCUT2D eigenvalue weighted by molar-refractivity contribution is 9.10. The summed E-state index contributed by atoms with van der Waals surface area (Å²) >= 11 is 8.47. The van der Waals surface area contributed by atoms with Gasteiger partial charge in [0.1, 0.15) is 5.02 Å². The quantitative estimate of drug-likeness (QED) is 0.914. The van der Waals surface area contributed by atoms with Gasteiger partial charge in [-0.15, -0.1) is 13.2 Å². The van der Waals surface area contributed by atoms with Gasteiger partial charge in [0.25, 0.3) is 0 Å². The van der Waals surface area contributed by atoms with Crippen molar-refractivity contribution < 1.29 is 17.9 Å². The molecule has 0 fully saturated rings. The predicted octanol–water partition coefficient (Wildman–Crippen LogP) is 2.85. The Morgan fingerprint density at radius 3 is 2.60 bits per heavy atom. The summed E-state index contributed by atoms with van der Waals surface area (Å²) in [5.41, 5.74) is 5.37. The summed E-state index contributed by atoms with van der Waals surface area (Å²) in [6.45, 7) is -0.0691. The molecule has 0 unspecified atom stereocenters. The van der Waals surface area contributed by atoms with Crippen molar-refractivity contribution >= 4 is 27.5 Å². The Morgan fingerprint density at radius 1 is 1.53 bits per heavy atom. The maximum absolute atomic E-state index is 12.0. The maximum Gasteiger partial charge on any atom is 0.573 e. The van der Waals surface area contributed by atoms with Crippen LogP contribution in [0.15, 0.2) is 10.7 Å². The monoisotopic (exact) mass is 304 g/mol. The minimum atomic E-state index is -4.81. The summed E-state index contributed by atoms with van der Waals surface area (Å²) in [6, 6.07) is 0. The molecule has 0 atom stereocenters. The summed E-state index contributed by atoms with van der Waals surface area (Å²) in [7, 11) is 0. The van der Waals surface area contributed by atoms with Crippen molar-refractivity contribution in [1.29, 1.82) is 0 Å². The van der Waals surface area contributed by atoms with Crippen molar-refractivity contribution in [3.8, 4) is 5.75 Å². The van der Waals surface area contributed by atoms with Crippen molar-refractivity contribution in [1.82, 2.24) is 4.98 Å². The fourth-order valence-electron chi connectivity index (χ4n) is 0.837. The average molecular weight is 305 g/mol. The van der Waals surface area contributed by atoms with E-state index in [0.29, 0.717) is 0 Å². The van der Waals surface area contributed by atoms with Crippen LogP contribution < -0.4 is 10.5 Å². The van der Waals surface area contributed by atoms with Crippen molar-refractivity contribution in [3.05, 3.63) is 21.4 Å². The number of alkyl halides is 3. The second kappa shape index (κ2) is 4.54. The van der Waals surface area contributed by atoms with Crippen molar-refractivity contribution in [2.45, 2.75) is 12.9 Å². The van der Waals surface area contributed by atoms with E-state index >= 15 is 0 Å². The second-order valence-electron chi connectivity index (χ2n) is 2.45. The summed E-state index contributed by atoms with van der Waals surface area (Å²) < 4.78 is 39.7. The molecule has 0 aliphatic heterocycles. The normalized spacial score (nSPS) is 11.6. The number of nitrogens with two attached hydrogens (primary N) is 1. The van der Waals surface area contributed by atoms with E-state index in [4.69, 9.17) is 17.3 Å². The minimum Gasteiger partial charge on any atom is -0.403 e. The number of ether oxygens (including phenoxy) is 1. The van der Waals surface area contributed by atoms with Gasteiger partial charge in [-0.3, -0.25) is 4.98 Å². The van der Waals surface area contributed by atoms with Gasteiger partial charge in [0.15, 0.2) is 5.75 Å². The van der Waals surface area contributed by atoms with E-state index in [1.165, 1.54) is 0 Å². The lowest BCUT2D eigenvalue weighted by Gasteiger charge is -2.13. The van der Waals surface area contributed by atoms with E-state index in [-0.39, 0.29) is 21.7 Å². The van der Waals surface area contributed by atoms with E-state index in [9.17, 15) is 13.2 Å². The van der Waals surface area contributed by atoms with Gasteiger partial charge < -0.3 is 10.5 Å². The molecule has 84 valence electrons. The molecule has 1 aromatic heterocycles. The largest absolute Gasteiger partial charge is 0.573 e. The smallest absolute Gasteiger partial charge is 0.403 e. The summed E-state index contributed by atoms with van der Waals surface area (Å²) in [5, 5.41) is -0.246. The number of pyridine rings is 1. The minimum absolute atomic E-state index is 0.0158. The molecule has 0 bridgehead atoms. The molecule has 0 aliphatic carbocycles. The molecule has 0 saturated heterocycles. The van der Waals surface area contributed by atoms with Crippen LogP contribution in [0.3, 0.4) is 0 Å². The van der Waals surface area contributed by atoms with Crippen LogP contribution in [0.25, 0.3) is 0 Å². The second-order valence-corrected chi connectivity index (χ2v) is 3.68. The number of rotatable bonds is 2. The van der Waals surface area contributed by atoms with E-state index in [1.54, 1.807) is 0 Å². The lowest BCUT2D eigenvalue weighted by atomic mass is 10.3. The van der Waals surface area contributed by atoms with Crippen LogP contribution in [0.5, 0.6) is 5.75 Å². The van der Waals surface area contributed by atoms with Gasteiger partial charge >= 0.3 is 6.36 Å². The average Bonchev–Trinajstić information content (AvgIpc) is 2.11. The highest BCUT2D eigenvalue weighted by Crippen LogP contribution is 2.37. The molecule has 1 heterocycles. The first-order chi connectivity index (χ1) is 6.85. The van der Waals surface area contributed by atoms with Crippen molar-refractivity contribution in [2.24, 2.45) is 5.73 Å². The highest BCUT2D eigenvalue weighted by atomic mass is 79.9. The van der Waals surface area contributed by atoms with E-state index in [2.05, 4.69) is 25.7 Å². The molecule has 8 heteroatoms. The van der Waals surface area contributed by atoms with Crippen LogP contribution in [0.1, 0.15) is 5.69 Å². The molecule has 0 spiro atoms. The van der Waals surface area contributed by atoms with Crippen LogP contribution in [0, 0.1) is 0 Å². The van der Waals surface area contributed by atoms with Gasteiger partial charge in [0.2, 0.25) is 0 Å². The van der Waals surface area contributed by atoms with Gasteiger partial charge in [-0.2, -0.15) is 0 Å². The van der Waals surface area contributed by atoms with E-state index in [0.717, 1.165) is 6.20 Å². The van der Waals surface area contributed by atoms with Gasteiger partial charge in [-0.1, -0.05) is 11.6 Å². The van der Waals surface area contributed by atoms with E-state index < -0.39 is 12.1 Å². The molecule has 0 amide bonds. The number of hydrogen-bond donors (Lipinski definition) is 1. The molecule has 1 rings (SSSR count). The molecule has 1 aromatic rings. The van der Waals surface area contributed by atoms with Gasteiger partial charge in [0.05, 0.1) is 10.2 Å². The third-order valence-corrected chi connectivity index (χ3v) is 2.37. The molecule has 2 N–H and O–H groups in total. The fraction of sp³-hybridized carbons (Fsp3) is 0.286. The molecule has 3 nitrogen and oxygen atoms in total. The third kappa shape index (κ3) is 3.22. The molecular formula is C7H5BrClF3N2O. The van der Waals surface area contributed by atoms with Crippen molar-refractivity contribution in [3.63, 3.8) is 0 Å². The molecule has 0 radical (unpaired) electrons. The first-order valence-corrected chi connectivity index (χ1v) is 4.81. The lowest BCUT2D eigenvalue weighted by molar-refractivity contribution is -0.274.